The summed E-state index contributed by atoms with van der Waals surface area (Å²) in [6.45, 7) is 1.93. The summed E-state index contributed by atoms with van der Waals surface area (Å²) in [7, 11) is 0. The van der Waals surface area contributed by atoms with Crippen LogP contribution in [0.4, 0.5) is 0 Å². The van der Waals surface area contributed by atoms with E-state index in [0.717, 1.165) is 11.1 Å². The molecule has 0 fully saturated rings. The molecule has 0 unspecified atom stereocenters. The Kier molecular flexibility index (Phi) is 6.64. The van der Waals surface area contributed by atoms with Crippen molar-refractivity contribution in [3.63, 3.8) is 0 Å². The van der Waals surface area contributed by atoms with E-state index in [0.29, 0.717) is 22.9 Å². The number of rotatable bonds is 6. The molecule has 3 N–H and O–H groups in total. The van der Waals surface area contributed by atoms with Gasteiger partial charge in [-0.25, -0.2) is 4.79 Å². The van der Waals surface area contributed by atoms with Gasteiger partial charge in [-0.1, -0.05) is 71.7 Å². The minimum absolute atomic E-state index is 0.287. The van der Waals surface area contributed by atoms with Gasteiger partial charge in [0.25, 0.3) is 5.84 Å². The predicted molar refractivity (Wildman–Crippen MR) is 95.9 cm³/mol. The zero-order chi connectivity index (χ0) is 17.5. The molecule has 0 aromatic heterocycles. The Morgan fingerprint density at radius 2 is 1.92 bits per heavy atom. The van der Waals surface area contributed by atoms with Crippen molar-refractivity contribution in [2.24, 2.45) is 5.73 Å². The quantitative estimate of drug-likeness (QED) is 0.358. The van der Waals surface area contributed by atoms with Crippen molar-refractivity contribution in [1.29, 1.82) is 0 Å². The number of nitrogens with one attached hydrogen (secondary N) is 1. The van der Waals surface area contributed by atoms with Crippen molar-refractivity contribution in [2.45, 2.75) is 25.7 Å². The number of hydrogen-bond acceptors (Lipinski definition) is 2. The molecule has 0 amide bonds. The molecule has 1 atom stereocenters. The SMILES string of the molecule is CC[C@H](C(=O)O[NH+]=C(N)Cc1ccc(Cl)cc1Cl)c1ccccc1. The first-order valence-electron chi connectivity index (χ1n) is 7.58. The number of benzene rings is 2. The molecule has 0 radical (unpaired) electrons. The van der Waals surface area contributed by atoms with Crippen LogP contribution in [0.15, 0.2) is 48.5 Å². The molecule has 0 spiro atoms. The Morgan fingerprint density at radius 1 is 1.21 bits per heavy atom. The summed E-state index contributed by atoms with van der Waals surface area (Å²) in [6, 6.07) is 14.6. The van der Waals surface area contributed by atoms with Crippen LogP contribution in [-0.4, -0.2) is 11.8 Å². The fourth-order valence-electron chi connectivity index (χ4n) is 2.32. The van der Waals surface area contributed by atoms with Crippen LogP contribution in [0.25, 0.3) is 0 Å². The maximum Gasteiger partial charge on any atom is 0.364 e. The number of amidine groups is 1. The molecule has 2 aromatic carbocycles. The fraction of sp³-hybridized carbons (Fsp3) is 0.222. The van der Waals surface area contributed by atoms with Gasteiger partial charge in [0, 0.05) is 10.0 Å². The lowest BCUT2D eigenvalue weighted by Crippen LogP contribution is -2.76. The molecule has 2 aromatic rings. The third kappa shape index (κ3) is 4.98. The molecule has 0 saturated heterocycles. The van der Waals surface area contributed by atoms with Crippen molar-refractivity contribution >= 4 is 35.0 Å². The van der Waals surface area contributed by atoms with Crippen molar-refractivity contribution in [3.8, 4) is 0 Å². The first-order valence-corrected chi connectivity index (χ1v) is 8.33. The minimum Gasteiger partial charge on any atom is -0.288 e. The van der Waals surface area contributed by atoms with Gasteiger partial charge in [0.05, 0.1) is 12.3 Å². The zero-order valence-electron chi connectivity index (χ0n) is 13.3. The van der Waals surface area contributed by atoms with Gasteiger partial charge in [0.2, 0.25) is 0 Å². The van der Waals surface area contributed by atoms with Crippen LogP contribution in [0.5, 0.6) is 0 Å². The summed E-state index contributed by atoms with van der Waals surface area (Å²) in [4.78, 5) is 17.4. The number of nitrogens with two attached hydrogens (primary N) is 1. The molecule has 0 aliphatic carbocycles. The molecule has 0 saturated carbocycles. The van der Waals surface area contributed by atoms with E-state index in [2.05, 4.69) is 5.16 Å². The van der Waals surface area contributed by atoms with Crippen LogP contribution in [0, 0.1) is 0 Å². The Bertz CT molecular complexity index is 733. The molecule has 6 heteroatoms. The van der Waals surface area contributed by atoms with E-state index in [1.807, 2.05) is 37.3 Å². The lowest BCUT2D eigenvalue weighted by atomic mass is 9.97. The van der Waals surface area contributed by atoms with Gasteiger partial charge in [-0.05, 0) is 29.7 Å². The highest BCUT2D eigenvalue weighted by Gasteiger charge is 2.21. The predicted octanol–water partition coefficient (Wildman–Crippen LogP) is 2.63. The van der Waals surface area contributed by atoms with Crippen LogP contribution in [0.1, 0.15) is 30.4 Å². The standard InChI is InChI=1S/C18H18Cl2N2O2/c1-2-15(12-6-4-3-5-7-12)18(23)24-22-17(21)10-13-8-9-14(19)11-16(13)20/h3-9,11,15H,2,10H2,1H3,(H2,21,22)/p+1/t15-/m0/s1. The van der Waals surface area contributed by atoms with Crippen LogP contribution in [0.2, 0.25) is 10.0 Å². The van der Waals surface area contributed by atoms with E-state index in [4.69, 9.17) is 33.8 Å². The summed E-state index contributed by atoms with van der Waals surface area (Å²) in [5.74, 6) is -0.435. The highest BCUT2D eigenvalue weighted by molar-refractivity contribution is 6.35. The summed E-state index contributed by atoms with van der Waals surface area (Å²) in [5, 5.41) is 3.57. The van der Waals surface area contributed by atoms with Gasteiger partial charge in [-0.3, -0.25) is 10.6 Å². The second kappa shape index (κ2) is 8.71. The van der Waals surface area contributed by atoms with Crippen molar-refractivity contribution in [2.75, 3.05) is 0 Å². The van der Waals surface area contributed by atoms with Gasteiger partial charge in [-0.15, -0.1) is 0 Å². The molecule has 0 aliphatic heterocycles. The third-order valence-electron chi connectivity index (χ3n) is 3.57. The molecule has 4 nitrogen and oxygen atoms in total. The highest BCUT2D eigenvalue weighted by Crippen LogP contribution is 2.21. The van der Waals surface area contributed by atoms with E-state index < -0.39 is 0 Å². The van der Waals surface area contributed by atoms with Crippen LogP contribution in [-0.2, 0) is 16.1 Å². The lowest BCUT2D eigenvalue weighted by Gasteiger charge is -2.10. The van der Waals surface area contributed by atoms with Crippen LogP contribution < -0.4 is 10.9 Å². The highest BCUT2D eigenvalue weighted by atomic mass is 35.5. The first-order chi connectivity index (χ1) is 11.5. The van der Waals surface area contributed by atoms with Gasteiger partial charge >= 0.3 is 5.97 Å². The van der Waals surface area contributed by atoms with Crippen LogP contribution >= 0.6 is 23.2 Å². The second-order valence-corrected chi connectivity index (χ2v) is 6.18. The average molecular weight is 366 g/mol. The third-order valence-corrected chi connectivity index (χ3v) is 4.16. The number of halogens is 2. The lowest BCUT2D eigenvalue weighted by molar-refractivity contribution is -0.725. The van der Waals surface area contributed by atoms with E-state index in [1.54, 1.807) is 18.2 Å². The smallest absolute Gasteiger partial charge is 0.288 e. The molecule has 0 heterocycles. The Labute approximate surface area is 151 Å². The molecule has 2 rings (SSSR count). The fourth-order valence-corrected chi connectivity index (χ4v) is 2.79. The molecular formula is C18H19Cl2N2O2+. The van der Waals surface area contributed by atoms with Crippen molar-refractivity contribution in [1.82, 2.24) is 0 Å². The van der Waals surface area contributed by atoms with E-state index in [1.165, 1.54) is 0 Å². The molecule has 0 aliphatic rings. The monoisotopic (exact) mass is 365 g/mol. The van der Waals surface area contributed by atoms with E-state index >= 15 is 0 Å². The maximum atomic E-state index is 12.2. The maximum absolute atomic E-state index is 12.2. The summed E-state index contributed by atoms with van der Waals surface area (Å²) in [6.07, 6.45) is 0.957. The summed E-state index contributed by atoms with van der Waals surface area (Å²) in [5.41, 5.74) is 7.58. The normalized spacial score (nSPS) is 12.7. The Morgan fingerprint density at radius 3 is 2.54 bits per heavy atom. The average Bonchev–Trinajstić information content (AvgIpc) is 2.57. The van der Waals surface area contributed by atoms with Gasteiger partial charge in [0.15, 0.2) is 0 Å². The van der Waals surface area contributed by atoms with Gasteiger partial charge < -0.3 is 0 Å². The Hall–Kier alpha value is -2.04. The topological polar surface area (TPSA) is 66.3 Å². The molecule has 126 valence electrons. The van der Waals surface area contributed by atoms with Crippen LogP contribution in [0.3, 0.4) is 0 Å². The first kappa shape index (κ1) is 18.3. The Balaban J connectivity index is 2.01. The van der Waals surface area contributed by atoms with Gasteiger partial charge in [0.1, 0.15) is 0 Å². The largest absolute Gasteiger partial charge is 0.364 e. The van der Waals surface area contributed by atoms with E-state index in [9.17, 15) is 4.79 Å². The van der Waals surface area contributed by atoms with Crippen molar-refractivity contribution in [3.05, 3.63) is 69.7 Å². The molecular weight excluding hydrogens is 347 g/mol. The summed E-state index contributed by atoms with van der Waals surface area (Å²) < 4.78 is 0. The second-order valence-electron chi connectivity index (χ2n) is 5.33. The van der Waals surface area contributed by atoms with E-state index in [-0.39, 0.29) is 17.7 Å². The zero-order valence-corrected chi connectivity index (χ0v) is 14.8. The number of carbonyl (C=O) groups is 1. The minimum atomic E-state index is -0.381. The molecule has 24 heavy (non-hydrogen) atoms. The number of carbonyl (C=O) groups excluding carboxylic acids is 1. The molecule has 0 bridgehead atoms. The van der Waals surface area contributed by atoms with Gasteiger partial charge in [-0.2, -0.15) is 0 Å². The summed E-state index contributed by atoms with van der Waals surface area (Å²) >= 11 is 12.0. The van der Waals surface area contributed by atoms with Crippen molar-refractivity contribution < 1.29 is 14.8 Å². The number of hydrogen-bond donors (Lipinski definition) is 2.